The molecule has 10 heteroatoms. The third-order valence-electron chi connectivity index (χ3n) is 1.97. The molecule has 1 aliphatic rings. The SMILES string of the molecule is O=C(O)C1COCCN1S(=O)(=O)C(F)(F)F. The van der Waals surface area contributed by atoms with Crippen molar-refractivity contribution in [2.24, 2.45) is 0 Å². The van der Waals surface area contributed by atoms with E-state index in [9.17, 15) is 26.4 Å². The number of ether oxygens (including phenoxy) is 1. The van der Waals surface area contributed by atoms with Crippen LogP contribution in [0.2, 0.25) is 0 Å². The number of aliphatic carboxylic acids is 1. The lowest BCUT2D eigenvalue weighted by atomic mass is 10.3. The highest BCUT2D eigenvalue weighted by Gasteiger charge is 2.53. The van der Waals surface area contributed by atoms with Crippen LogP contribution >= 0.6 is 0 Å². The van der Waals surface area contributed by atoms with E-state index >= 15 is 0 Å². The Morgan fingerprint density at radius 1 is 1.44 bits per heavy atom. The predicted octanol–water partition coefficient (Wildman–Crippen LogP) is -0.379. The third-order valence-corrected chi connectivity index (χ3v) is 3.61. The number of hydrogen-bond donors (Lipinski definition) is 1. The first-order valence-electron chi connectivity index (χ1n) is 4.06. The molecular weight excluding hydrogens is 255 g/mol. The first-order valence-corrected chi connectivity index (χ1v) is 5.50. The van der Waals surface area contributed by atoms with Crippen molar-refractivity contribution in [2.75, 3.05) is 19.8 Å². The van der Waals surface area contributed by atoms with E-state index in [1.54, 1.807) is 0 Å². The Morgan fingerprint density at radius 2 is 2.00 bits per heavy atom. The number of halogens is 3. The molecule has 0 aromatic rings. The molecular formula is C6H8F3NO5S. The summed E-state index contributed by atoms with van der Waals surface area (Å²) in [4.78, 5) is 10.6. The van der Waals surface area contributed by atoms with Gasteiger partial charge in [0.2, 0.25) is 0 Å². The van der Waals surface area contributed by atoms with Crippen LogP contribution in [-0.2, 0) is 19.6 Å². The molecule has 0 aliphatic carbocycles. The van der Waals surface area contributed by atoms with Crippen LogP contribution in [-0.4, -0.2) is 55.1 Å². The lowest BCUT2D eigenvalue weighted by Crippen LogP contribution is -2.55. The monoisotopic (exact) mass is 263 g/mol. The van der Waals surface area contributed by atoms with Gasteiger partial charge >= 0.3 is 21.5 Å². The van der Waals surface area contributed by atoms with E-state index in [1.165, 1.54) is 0 Å². The van der Waals surface area contributed by atoms with Gasteiger partial charge in [0.05, 0.1) is 13.2 Å². The summed E-state index contributed by atoms with van der Waals surface area (Å²) >= 11 is 0. The van der Waals surface area contributed by atoms with Crippen molar-refractivity contribution in [3.63, 3.8) is 0 Å². The van der Waals surface area contributed by atoms with Gasteiger partial charge in [0.15, 0.2) is 0 Å². The summed E-state index contributed by atoms with van der Waals surface area (Å²) in [6, 6.07) is -1.83. The topological polar surface area (TPSA) is 83.9 Å². The maximum atomic E-state index is 12.2. The molecule has 1 saturated heterocycles. The standard InChI is InChI=1S/C6H8F3NO5S/c7-6(8,9)16(13,14)10-1-2-15-3-4(10)5(11)12/h4H,1-3H2,(H,11,12). The third kappa shape index (κ3) is 2.28. The van der Waals surface area contributed by atoms with E-state index in [-0.39, 0.29) is 10.9 Å². The van der Waals surface area contributed by atoms with Crippen molar-refractivity contribution in [1.82, 2.24) is 4.31 Å². The maximum Gasteiger partial charge on any atom is 0.511 e. The van der Waals surface area contributed by atoms with Gasteiger partial charge in [-0.05, 0) is 0 Å². The Hall–Kier alpha value is -0.870. The highest BCUT2D eigenvalue weighted by atomic mass is 32.2. The first-order chi connectivity index (χ1) is 7.18. The van der Waals surface area contributed by atoms with Crippen molar-refractivity contribution in [3.8, 4) is 0 Å². The maximum absolute atomic E-state index is 12.2. The van der Waals surface area contributed by atoms with E-state index in [4.69, 9.17) is 5.11 Å². The lowest BCUT2D eigenvalue weighted by molar-refractivity contribution is -0.146. The number of carboxylic acid groups (broad SMARTS) is 1. The van der Waals surface area contributed by atoms with Crippen LogP contribution in [0.4, 0.5) is 13.2 Å². The van der Waals surface area contributed by atoms with Gasteiger partial charge in [0, 0.05) is 6.54 Å². The average molecular weight is 263 g/mol. The molecule has 1 N–H and O–H groups in total. The van der Waals surface area contributed by atoms with E-state index in [1.807, 2.05) is 0 Å². The summed E-state index contributed by atoms with van der Waals surface area (Å²) in [6.45, 7) is -1.48. The molecule has 94 valence electrons. The minimum atomic E-state index is -5.62. The summed E-state index contributed by atoms with van der Waals surface area (Å²) in [5.74, 6) is -1.67. The molecule has 1 fully saturated rings. The number of nitrogens with zero attached hydrogens (tertiary/aromatic N) is 1. The number of sulfonamides is 1. The van der Waals surface area contributed by atoms with E-state index < -0.39 is 40.7 Å². The van der Waals surface area contributed by atoms with Crippen molar-refractivity contribution < 1.29 is 36.2 Å². The Bertz CT molecular complexity index is 378. The molecule has 0 amide bonds. The molecule has 1 aliphatic heterocycles. The van der Waals surface area contributed by atoms with Crippen LogP contribution in [0.5, 0.6) is 0 Å². The molecule has 0 bridgehead atoms. The van der Waals surface area contributed by atoms with Gasteiger partial charge in [0.25, 0.3) is 0 Å². The molecule has 0 aromatic heterocycles. The average Bonchev–Trinajstić information content (AvgIpc) is 2.16. The normalized spacial score (nSPS) is 24.3. The van der Waals surface area contributed by atoms with Crippen LogP contribution in [0.1, 0.15) is 0 Å². The largest absolute Gasteiger partial charge is 0.511 e. The fourth-order valence-corrected chi connectivity index (χ4v) is 2.27. The predicted molar refractivity (Wildman–Crippen MR) is 43.9 cm³/mol. The molecule has 1 heterocycles. The number of hydrogen-bond acceptors (Lipinski definition) is 4. The van der Waals surface area contributed by atoms with Crippen LogP contribution in [0.3, 0.4) is 0 Å². The molecule has 0 spiro atoms. The van der Waals surface area contributed by atoms with Crippen LogP contribution in [0, 0.1) is 0 Å². The second-order valence-electron chi connectivity index (χ2n) is 2.99. The molecule has 16 heavy (non-hydrogen) atoms. The van der Waals surface area contributed by atoms with Gasteiger partial charge in [-0.15, -0.1) is 0 Å². The first kappa shape index (κ1) is 13.2. The van der Waals surface area contributed by atoms with Crippen LogP contribution in [0.15, 0.2) is 0 Å². The zero-order chi connectivity index (χ0) is 12.6. The Kier molecular flexibility index (Phi) is 3.45. The van der Waals surface area contributed by atoms with Crippen molar-refractivity contribution in [3.05, 3.63) is 0 Å². The molecule has 1 unspecified atom stereocenters. The lowest BCUT2D eigenvalue weighted by Gasteiger charge is -2.31. The quantitative estimate of drug-likeness (QED) is 0.734. The van der Waals surface area contributed by atoms with E-state index in [0.717, 1.165) is 0 Å². The Morgan fingerprint density at radius 3 is 2.44 bits per heavy atom. The van der Waals surface area contributed by atoms with Crippen molar-refractivity contribution >= 4 is 16.0 Å². The smallest absolute Gasteiger partial charge is 0.480 e. The Labute approximate surface area is 88.6 Å². The fraction of sp³-hybridized carbons (Fsp3) is 0.833. The van der Waals surface area contributed by atoms with Crippen LogP contribution in [0.25, 0.3) is 0 Å². The molecule has 6 nitrogen and oxygen atoms in total. The van der Waals surface area contributed by atoms with Crippen LogP contribution < -0.4 is 0 Å². The fourth-order valence-electron chi connectivity index (χ4n) is 1.20. The number of rotatable bonds is 2. The summed E-state index contributed by atoms with van der Waals surface area (Å²) in [5.41, 5.74) is -5.50. The van der Waals surface area contributed by atoms with Gasteiger partial charge in [-0.1, -0.05) is 0 Å². The summed E-state index contributed by atoms with van der Waals surface area (Å²) < 4.78 is 63.1. The van der Waals surface area contributed by atoms with Gasteiger partial charge in [-0.25, -0.2) is 8.42 Å². The summed E-state index contributed by atoms with van der Waals surface area (Å²) in [6.07, 6.45) is 0. The molecule has 0 saturated carbocycles. The molecule has 1 atom stereocenters. The van der Waals surface area contributed by atoms with Crippen molar-refractivity contribution in [1.29, 1.82) is 0 Å². The number of morpholine rings is 1. The summed E-state index contributed by atoms with van der Waals surface area (Å²) in [7, 11) is -5.62. The number of alkyl halides is 3. The Balaban J connectivity index is 3.05. The zero-order valence-corrected chi connectivity index (χ0v) is 8.58. The van der Waals surface area contributed by atoms with E-state index in [0.29, 0.717) is 0 Å². The number of carboxylic acids is 1. The highest BCUT2D eigenvalue weighted by molar-refractivity contribution is 7.90. The molecule has 0 radical (unpaired) electrons. The van der Waals surface area contributed by atoms with Crippen molar-refractivity contribution in [2.45, 2.75) is 11.6 Å². The number of carbonyl (C=O) groups is 1. The molecule has 1 rings (SSSR count). The minimum absolute atomic E-state index is 0.0984. The van der Waals surface area contributed by atoms with Gasteiger partial charge in [0.1, 0.15) is 6.04 Å². The minimum Gasteiger partial charge on any atom is -0.480 e. The van der Waals surface area contributed by atoms with Gasteiger partial charge in [-0.2, -0.15) is 17.5 Å². The zero-order valence-electron chi connectivity index (χ0n) is 7.77. The molecule has 0 aromatic carbocycles. The van der Waals surface area contributed by atoms with Gasteiger partial charge < -0.3 is 9.84 Å². The van der Waals surface area contributed by atoms with Gasteiger partial charge in [-0.3, -0.25) is 4.79 Å². The summed E-state index contributed by atoms with van der Waals surface area (Å²) in [5, 5.41) is 8.58. The second kappa shape index (κ2) is 4.18. The highest BCUT2D eigenvalue weighted by Crippen LogP contribution is 2.29. The van der Waals surface area contributed by atoms with E-state index in [2.05, 4.69) is 4.74 Å². The second-order valence-corrected chi connectivity index (χ2v) is 4.87.